The zero-order valence-electron chi connectivity index (χ0n) is 26.9. The van der Waals surface area contributed by atoms with E-state index in [0.29, 0.717) is 13.1 Å². The van der Waals surface area contributed by atoms with E-state index in [1.807, 2.05) is 48.5 Å². The number of nitrogens with one attached hydrogen (secondary N) is 1. The van der Waals surface area contributed by atoms with Crippen LogP contribution in [0.3, 0.4) is 0 Å². The van der Waals surface area contributed by atoms with Gasteiger partial charge in [-0.2, -0.15) is 0 Å². The first-order valence-electron chi connectivity index (χ1n) is 15.4. The number of amides is 4. The topological polar surface area (TPSA) is 137 Å². The standard InChI is InChI=1S/C34H44N4O7/c1-21(2)29(30(41)35-27(19-28(39)40)31(42)38-17-11-12-18-38)36(5)32(43)34(3,4)37(6)33(44)45-20-26-24-15-9-7-13-22(24)23-14-8-10-16-25(23)26/h7-10,13-16,21,26-27,29H,11-12,17-20H2,1-6H3,(H,35,41)(H,39,40)/t27-,29?/m0/s1. The predicted molar refractivity (Wildman–Crippen MR) is 168 cm³/mol. The number of carbonyl (C=O) groups excluding carboxylic acids is 4. The third kappa shape index (κ3) is 6.97. The van der Waals surface area contributed by atoms with Crippen LogP contribution >= 0.6 is 0 Å². The highest BCUT2D eigenvalue weighted by Gasteiger charge is 2.43. The lowest BCUT2D eigenvalue weighted by Gasteiger charge is -2.40. The molecule has 11 nitrogen and oxygen atoms in total. The number of carboxylic acid groups (broad SMARTS) is 1. The molecule has 45 heavy (non-hydrogen) atoms. The van der Waals surface area contributed by atoms with Crippen molar-refractivity contribution in [2.24, 2.45) is 5.92 Å². The highest BCUT2D eigenvalue weighted by Crippen LogP contribution is 2.44. The smallest absolute Gasteiger partial charge is 0.410 e. The summed E-state index contributed by atoms with van der Waals surface area (Å²) in [5.74, 6) is -3.36. The van der Waals surface area contributed by atoms with Crippen LogP contribution in [0.2, 0.25) is 0 Å². The molecule has 0 saturated carbocycles. The predicted octanol–water partition coefficient (Wildman–Crippen LogP) is 3.71. The third-order valence-corrected chi connectivity index (χ3v) is 9.02. The fourth-order valence-electron chi connectivity index (χ4n) is 6.34. The Bertz CT molecular complexity index is 1400. The van der Waals surface area contributed by atoms with Gasteiger partial charge in [0.05, 0.1) is 6.42 Å². The van der Waals surface area contributed by atoms with Crippen LogP contribution in [0.5, 0.6) is 0 Å². The third-order valence-electron chi connectivity index (χ3n) is 9.02. The molecule has 4 rings (SSSR count). The molecule has 1 aliphatic carbocycles. The molecule has 2 atom stereocenters. The SMILES string of the molecule is CC(C)C(C(=O)N[C@@H](CC(=O)O)C(=O)N1CCCC1)N(C)C(=O)C(C)(C)N(C)C(=O)OCC1c2ccccc2-c2ccccc21. The highest BCUT2D eigenvalue weighted by atomic mass is 16.6. The second kappa shape index (κ2) is 13.7. The van der Waals surface area contributed by atoms with Crippen LogP contribution in [0.1, 0.15) is 64.0 Å². The van der Waals surface area contributed by atoms with Crippen molar-refractivity contribution in [1.82, 2.24) is 20.0 Å². The number of likely N-dealkylation sites (tertiary alicyclic amines) is 1. The van der Waals surface area contributed by atoms with Crippen molar-refractivity contribution < 1.29 is 33.8 Å². The fourth-order valence-corrected chi connectivity index (χ4v) is 6.34. The molecule has 1 aliphatic heterocycles. The number of benzene rings is 2. The van der Waals surface area contributed by atoms with Crippen LogP contribution in [0.4, 0.5) is 4.79 Å². The van der Waals surface area contributed by atoms with Gasteiger partial charge in [-0.3, -0.25) is 24.1 Å². The molecular weight excluding hydrogens is 576 g/mol. The molecule has 1 saturated heterocycles. The number of carboxylic acids is 1. The largest absolute Gasteiger partial charge is 0.481 e. The average molecular weight is 621 g/mol. The first kappa shape index (κ1) is 33.5. The normalized spacial score (nSPS) is 15.6. The molecule has 11 heteroatoms. The highest BCUT2D eigenvalue weighted by molar-refractivity contribution is 5.96. The second-order valence-electron chi connectivity index (χ2n) is 12.7. The van der Waals surface area contributed by atoms with Crippen LogP contribution in [-0.2, 0) is 23.9 Å². The van der Waals surface area contributed by atoms with E-state index in [4.69, 9.17) is 4.74 Å². The number of fused-ring (bicyclic) bond motifs is 3. The minimum atomic E-state index is -1.41. The van der Waals surface area contributed by atoms with Crippen LogP contribution < -0.4 is 5.32 Å². The van der Waals surface area contributed by atoms with E-state index >= 15 is 0 Å². The number of hydrogen-bond acceptors (Lipinski definition) is 6. The molecule has 242 valence electrons. The molecule has 4 amide bonds. The summed E-state index contributed by atoms with van der Waals surface area (Å²) in [5, 5.41) is 12.0. The lowest BCUT2D eigenvalue weighted by atomic mass is 9.96. The summed E-state index contributed by atoms with van der Waals surface area (Å²) >= 11 is 0. The Morgan fingerprint density at radius 3 is 2.00 bits per heavy atom. The molecular formula is C34H44N4O7. The van der Waals surface area contributed by atoms with Gasteiger partial charge in [-0.1, -0.05) is 62.4 Å². The number of likely N-dealkylation sites (N-methyl/N-ethyl adjacent to an activating group) is 2. The molecule has 2 aromatic carbocycles. The Morgan fingerprint density at radius 1 is 0.956 bits per heavy atom. The van der Waals surface area contributed by atoms with Crippen LogP contribution in [0, 0.1) is 5.92 Å². The van der Waals surface area contributed by atoms with E-state index in [1.165, 1.54) is 23.9 Å². The monoisotopic (exact) mass is 620 g/mol. The molecule has 0 spiro atoms. The van der Waals surface area contributed by atoms with E-state index < -0.39 is 53.8 Å². The van der Waals surface area contributed by atoms with Gasteiger partial charge >= 0.3 is 12.1 Å². The molecule has 0 bridgehead atoms. The lowest BCUT2D eigenvalue weighted by molar-refractivity contribution is -0.149. The Labute approximate surface area is 264 Å². The van der Waals surface area contributed by atoms with E-state index in [9.17, 15) is 29.1 Å². The lowest BCUT2D eigenvalue weighted by Crippen LogP contribution is -2.62. The summed E-state index contributed by atoms with van der Waals surface area (Å²) in [6.45, 7) is 7.76. The molecule has 2 N–H and O–H groups in total. The van der Waals surface area contributed by atoms with Crippen molar-refractivity contribution >= 4 is 29.8 Å². The maximum absolute atomic E-state index is 13.9. The van der Waals surface area contributed by atoms with Crippen molar-refractivity contribution in [3.63, 3.8) is 0 Å². The Hall–Kier alpha value is -4.41. The Morgan fingerprint density at radius 2 is 1.49 bits per heavy atom. The van der Waals surface area contributed by atoms with Gasteiger partial charge in [-0.05, 0) is 54.9 Å². The number of carbonyl (C=O) groups is 5. The zero-order valence-corrected chi connectivity index (χ0v) is 26.9. The molecule has 2 aliphatic rings. The Balaban J connectivity index is 1.45. The Kier molecular flexibility index (Phi) is 10.2. The van der Waals surface area contributed by atoms with Crippen LogP contribution in [0.25, 0.3) is 11.1 Å². The fraction of sp³-hybridized carbons (Fsp3) is 0.500. The average Bonchev–Trinajstić information content (AvgIpc) is 3.65. The van der Waals surface area contributed by atoms with Crippen molar-refractivity contribution in [1.29, 1.82) is 0 Å². The first-order valence-corrected chi connectivity index (χ1v) is 15.4. The molecule has 0 aromatic heterocycles. The van der Waals surface area contributed by atoms with Gasteiger partial charge in [0, 0.05) is 33.1 Å². The quantitative estimate of drug-likeness (QED) is 0.391. The maximum Gasteiger partial charge on any atom is 0.410 e. The second-order valence-corrected chi connectivity index (χ2v) is 12.7. The van der Waals surface area contributed by atoms with Crippen molar-refractivity contribution in [2.45, 2.75) is 70.5 Å². The van der Waals surface area contributed by atoms with Gasteiger partial charge in [-0.25, -0.2) is 4.79 Å². The summed E-state index contributed by atoms with van der Waals surface area (Å²) in [6, 6.07) is 13.7. The number of hydrogen-bond donors (Lipinski definition) is 2. The number of aliphatic carboxylic acids is 1. The van der Waals surface area contributed by atoms with Gasteiger partial charge in [0.2, 0.25) is 17.7 Å². The molecule has 0 radical (unpaired) electrons. The summed E-state index contributed by atoms with van der Waals surface area (Å²) < 4.78 is 5.78. The van der Waals surface area contributed by atoms with E-state index in [2.05, 4.69) is 5.32 Å². The van der Waals surface area contributed by atoms with E-state index in [-0.39, 0.29) is 18.4 Å². The van der Waals surface area contributed by atoms with Gasteiger partial charge in [0.15, 0.2) is 0 Å². The summed E-state index contributed by atoms with van der Waals surface area (Å²) in [7, 11) is 2.95. The van der Waals surface area contributed by atoms with E-state index in [0.717, 1.165) is 35.1 Å². The summed E-state index contributed by atoms with van der Waals surface area (Å²) in [6.07, 6.45) is 0.376. The van der Waals surface area contributed by atoms with Crippen molar-refractivity contribution in [3.05, 3.63) is 59.7 Å². The van der Waals surface area contributed by atoms with Gasteiger partial charge in [0.1, 0.15) is 24.2 Å². The number of nitrogens with zero attached hydrogens (tertiary/aromatic N) is 3. The van der Waals surface area contributed by atoms with E-state index in [1.54, 1.807) is 32.6 Å². The van der Waals surface area contributed by atoms with Gasteiger partial charge < -0.3 is 25.0 Å². The number of rotatable bonds is 11. The molecule has 1 fully saturated rings. The van der Waals surface area contributed by atoms with Crippen molar-refractivity contribution in [3.8, 4) is 11.1 Å². The van der Waals surface area contributed by atoms with Gasteiger partial charge in [-0.15, -0.1) is 0 Å². The van der Waals surface area contributed by atoms with Crippen LogP contribution in [0.15, 0.2) is 48.5 Å². The summed E-state index contributed by atoms with van der Waals surface area (Å²) in [4.78, 5) is 69.4. The van der Waals surface area contributed by atoms with Crippen LogP contribution in [-0.4, -0.2) is 101 Å². The van der Waals surface area contributed by atoms with Gasteiger partial charge in [0.25, 0.3) is 0 Å². The maximum atomic E-state index is 13.9. The van der Waals surface area contributed by atoms with Crippen molar-refractivity contribution in [2.75, 3.05) is 33.8 Å². The minimum absolute atomic E-state index is 0.0876. The summed E-state index contributed by atoms with van der Waals surface area (Å²) in [5.41, 5.74) is 2.94. The molecule has 2 aromatic rings. The minimum Gasteiger partial charge on any atom is -0.481 e. The molecule has 1 heterocycles. The molecule has 1 unspecified atom stereocenters. The number of ether oxygens (including phenoxy) is 1. The first-order chi connectivity index (χ1) is 21.2. The zero-order chi connectivity index (χ0) is 33.1.